The average molecular weight is 1030 g/mol. The molecule has 0 heterocycles. The van der Waals surface area contributed by atoms with Gasteiger partial charge in [-0.25, -0.2) is 0 Å². The molecule has 2 aromatic carbocycles. The fourth-order valence-corrected chi connectivity index (χ4v) is 7.90. The normalized spacial score (nSPS) is 12.7. The van der Waals surface area contributed by atoms with Gasteiger partial charge in [0, 0.05) is 38.6 Å². The average Bonchev–Trinajstić information content (AvgIpc) is 3.27. The maximum absolute atomic E-state index is 11.5. The van der Waals surface area contributed by atoms with Crippen molar-refractivity contribution in [3.8, 4) is 0 Å². The molecule has 4 unspecified atom stereocenters. The number of carbonyl (C=O) groups is 4. The zero-order valence-electron chi connectivity index (χ0n) is 41.1. The molecule has 0 N–H and O–H groups in total. The van der Waals surface area contributed by atoms with Crippen LogP contribution in [0, 0.1) is 0 Å². The smallest absolute Gasteiger partial charge is 0.550 e. The Kier molecular flexibility index (Phi) is 42.8. The van der Waals surface area contributed by atoms with Crippen molar-refractivity contribution in [2.45, 2.75) is 245 Å². The summed E-state index contributed by atoms with van der Waals surface area (Å²) in [5.41, 5.74) is 2.32. The van der Waals surface area contributed by atoms with Crippen LogP contribution in [0.2, 0.25) is 0 Å². The molecule has 0 aliphatic heterocycles. The van der Waals surface area contributed by atoms with Gasteiger partial charge in [0.25, 0.3) is 0 Å². The Balaban J connectivity index is 0.00000124. The van der Waals surface area contributed by atoms with E-state index in [1.165, 1.54) is 78.1 Å². The van der Waals surface area contributed by atoms with Crippen LogP contribution < -0.4 is 10.2 Å². The van der Waals surface area contributed by atoms with Gasteiger partial charge in [0.1, 0.15) is 12.2 Å². The number of aliphatic carboxylic acids is 2. The Morgan fingerprint density at radius 3 is 0.969 bits per heavy atom. The van der Waals surface area contributed by atoms with Crippen LogP contribution in [-0.4, -0.2) is 97.2 Å². The van der Waals surface area contributed by atoms with Crippen LogP contribution >= 0.6 is 0 Å². The van der Waals surface area contributed by atoms with Gasteiger partial charge in [-0.05, 0) is 75.3 Å². The summed E-state index contributed by atoms with van der Waals surface area (Å²) in [6.45, 7) is 8.37. The van der Waals surface area contributed by atoms with E-state index in [9.17, 15) is 29.4 Å². The fraction of sp³-hybridized carbons (Fsp3) is 0.704. The van der Waals surface area contributed by atoms with Gasteiger partial charge in [-0.2, -0.15) is 0 Å². The topological polar surface area (TPSA) is 151 Å². The molecule has 11 heteroatoms. The number of carboxylic acids is 2. The number of carboxylic acid groups (broad SMARTS) is 2. The maximum atomic E-state index is 11.5. The number of esters is 2. The maximum Gasteiger partial charge on any atom is 2.00 e. The Morgan fingerprint density at radius 2 is 0.708 bits per heavy atom. The monoisotopic (exact) mass is 1030 g/mol. The summed E-state index contributed by atoms with van der Waals surface area (Å²) in [7, 11) is 0. The molecular formula is C54H86BaO10. The van der Waals surface area contributed by atoms with Crippen molar-refractivity contribution >= 4 is 72.8 Å². The summed E-state index contributed by atoms with van der Waals surface area (Å²) < 4.78 is 23.3. The third kappa shape index (κ3) is 40.6. The molecule has 0 aliphatic rings. The number of benzene rings is 2. The summed E-state index contributed by atoms with van der Waals surface area (Å²) >= 11 is 0. The van der Waals surface area contributed by atoms with E-state index in [0.717, 1.165) is 114 Å². The first-order valence-corrected chi connectivity index (χ1v) is 25.1. The molecule has 0 amide bonds. The van der Waals surface area contributed by atoms with Crippen LogP contribution in [0.25, 0.3) is 0 Å². The van der Waals surface area contributed by atoms with Crippen molar-refractivity contribution in [1.82, 2.24) is 0 Å². The number of carbonyl (C=O) groups excluding carboxylic acids is 4. The summed E-state index contributed by atoms with van der Waals surface area (Å²) in [5, 5.41) is 20.7. The van der Waals surface area contributed by atoms with Crippen LogP contribution in [0.15, 0.2) is 60.7 Å². The molecule has 0 radical (unpaired) electrons. The van der Waals surface area contributed by atoms with Gasteiger partial charge in [0.15, 0.2) is 0 Å². The van der Waals surface area contributed by atoms with E-state index in [1.54, 1.807) is 0 Å². The molecular weight excluding hydrogens is 946 g/mol. The molecule has 364 valence electrons. The van der Waals surface area contributed by atoms with E-state index >= 15 is 0 Å². The Hall–Kier alpha value is -2.19. The molecule has 65 heavy (non-hydrogen) atoms. The van der Waals surface area contributed by atoms with E-state index in [-0.39, 0.29) is 98.1 Å². The SMILES string of the molecule is CCC(CC(CCCCCCCCCCCCC(=O)[O-])OC(C)=O)OCc1ccccc1.CCC(CC(CCCCCCCCCCCCC(=O)[O-])OC(C)=O)OCc1ccccc1.[Ba+2]. The third-order valence-electron chi connectivity index (χ3n) is 11.6. The van der Waals surface area contributed by atoms with Gasteiger partial charge >= 0.3 is 60.8 Å². The first-order chi connectivity index (χ1) is 31.0. The van der Waals surface area contributed by atoms with Gasteiger partial charge in [-0.1, -0.05) is 177 Å². The first-order valence-electron chi connectivity index (χ1n) is 25.1. The molecule has 0 aromatic heterocycles. The third-order valence-corrected chi connectivity index (χ3v) is 11.6. The first kappa shape index (κ1) is 62.8. The van der Waals surface area contributed by atoms with E-state index in [1.807, 2.05) is 36.4 Å². The van der Waals surface area contributed by atoms with Crippen LogP contribution in [-0.2, 0) is 51.3 Å². The van der Waals surface area contributed by atoms with Crippen molar-refractivity contribution in [3.05, 3.63) is 71.8 Å². The second-order valence-corrected chi connectivity index (χ2v) is 17.5. The molecule has 0 aliphatic carbocycles. The van der Waals surface area contributed by atoms with Crippen molar-refractivity contribution in [3.63, 3.8) is 0 Å². The van der Waals surface area contributed by atoms with Gasteiger partial charge in [-0.15, -0.1) is 0 Å². The van der Waals surface area contributed by atoms with Crippen molar-refractivity contribution in [2.24, 2.45) is 0 Å². The quantitative estimate of drug-likeness (QED) is 0.0358. The molecule has 2 aromatic rings. The van der Waals surface area contributed by atoms with Crippen LogP contribution in [0.3, 0.4) is 0 Å². The molecule has 0 fully saturated rings. The minimum absolute atomic E-state index is 0. The van der Waals surface area contributed by atoms with Crippen molar-refractivity contribution in [2.75, 3.05) is 0 Å². The van der Waals surface area contributed by atoms with Crippen LogP contribution in [0.4, 0.5) is 0 Å². The minimum atomic E-state index is -0.939. The van der Waals surface area contributed by atoms with E-state index < -0.39 is 11.9 Å². The number of hydrogen-bond donors (Lipinski definition) is 0. The minimum Gasteiger partial charge on any atom is -0.550 e. The zero-order chi connectivity index (χ0) is 46.9. The van der Waals surface area contributed by atoms with Crippen LogP contribution in [0.5, 0.6) is 0 Å². The summed E-state index contributed by atoms with van der Waals surface area (Å²) in [6, 6.07) is 20.3. The van der Waals surface area contributed by atoms with Gasteiger partial charge < -0.3 is 38.7 Å². The molecule has 0 saturated carbocycles. The molecule has 0 saturated heterocycles. The predicted molar refractivity (Wildman–Crippen MR) is 258 cm³/mol. The van der Waals surface area contributed by atoms with Crippen LogP contribution in [0.1, 0.15) is 219 Å². The Bertz CT molecular complexity index is 1320. The molecule has 4 atom stereocenters. The predicted octanol–water partition coefficient (Wildman–Crippen LogP) is 11.1. The molecule has 0 spiro atoms. The van der Waals surface area contributed by atoms with Gasteiger partial charge in [-0.3, -0.25) is 9.59 Å². The number of hydrogen-bond acceptors (Lipinski definition) is 10. The summed E-state index contributed by atoms with van der Waals surface area (Å²) in [6.07, 6.45) is 27.8. The zero-order valence-corrected chi connectivity index (χ0v) is 45.5. The van der Waals surface area contributed by atoms with Crippen molar-refractivity contribution < 1.29 is 48.3 Å². The Labute approximate surface area is 434 Å². The second-order valence-electron chi connectivity index (χ2n) is 17.5. The summed E-state index contributed by atoms with van der Waals surface area (Å²) in [4.78, 5) is 43.8. The van der Waals surface area contributed by atoms with E-state index in [2.05, 4.69) is 38.1 Å². The molecule has 10 nitrogen and oxygen atoms in total. The summed E-state index contributed by atoms with van der Waals surface area (Å²) in [5.74, 6) is -2.31. The molecule has 2 rings (SSSR count). The second kappa shape index (κ2) is 44.3. The van der Waals surface area contributed by atoms with Gasteiger partial charge in [0.05, 0.1) is 25.4 Å². The largest absolute Gasteiger partial charge is 2.00 e. The van der Waals surface area contributed by atoms with E-state index in [0.29, 0.717) is 13.2 Å². The molecule has 0 bridgehead atoms. The standard InChI is InChI=1S/2C27H44O5.Ba/c2*1-3-25(31-22-24-17-13-12-14-18-24)21-26(32-23(2)28)19-15-10-8-6-4-5-7-9-11-16-20-27(29)30;/h2*12-14,17-18,25-26H,3-11,15-16,19-22H2,1-2H3,(H,29,30);/q;;+2/p-2. The van der Waals surface area contributed by atoms with E-state index in [4.69, 9.17) is 18.9 Å². The van der Waals surface area contributed by atoms with Gasteiger partial charge in [0.2, 0.25) is 0 Å². The Morgan fingerprint density at radius 1 is 0.431 bits per heavy atom. The fourth-order valence-electron chi connectivity index (χ4n) is 7.90. The number of rotatable bonds is 40. The number of unbranched alkanes of at least 4 members (excludes halogenated alkanes) is 18. The van der Waals surface area contributed by atoms with Crippen molar-refractivity contribution in [1.29, 1.82) is 0 Å². The number of ether oxygens (including phenoxy) is 4.